The summed E-state index contributed by atoms with van der Waals surface area (Å²) in [5, 5.41) is 0. The van der Waals surface area contributed by atoms with Crippen LogP contribution in [0.3, 0.4) is 0 Å². The van der Waals surface area contributed by atoms with E-state index in [1.54, 1.807) is 11.0 Å². The molecule has 0 aromatic heterocycles. The van der Waals surface area contributed by atoms with Crippen molar-refractivity contribution in [2.75, 3.05) is 13.1 Å². The quantitative estimate of drug-likeness (QED) is 0.497. The summed E-state index contributed by atoms with van der Waals surface area (Å²) in [5.74, 6) is -0.229. The Bertz CT molecular complexity index is 295. The maximum atomic E-state index is 11.0. The zero-order valence-electron chi connectivity index (χ0n) is 7.45. The summed E-state index contributed by atoms with van der Waals surface area (Å²) >= 11 is 0. The maximum Gasteiger partial charge on any atom is 0.331 e. The van der Waals surface area contributed by atoms with Gasteiger partial charge in [-0.15, -0.1) is 0 Å². The van der Waals surface area contributed by atoms with Crippen molar-refractivity contribution >= 4 is 11.9 Å². The molecule has 2 aliphatic rings. The van der Waals surface area contributed by atoms with Gasteiger partial charge in [-0.05, 0) is 12.0 Å². The van der Waals surface area contributed by atoms with Crippen molar-refractivity contribution < 1.29 is 14.3 Å². The van der Waals surface area contributed by atoms with E-state index in [9.17, 15) is 9.59 Å². The Morgan fingerprint density at radius 3 is 3.15 bits per heavy atom. The number of esters is 1. The average Bonchev–Trinajstić information content (AvgIpc) is 2.42. The molecule has 0 radical (unpaired) electrons. The lowest BCUT2D eigenvalue weighted by Gasteiger charge is -2.30. The van der Waals surface area contributed by atoms with E-state index in [1.165, 1.54) is 6.92 Å². The largest absolute Gasteiger partial charge is 0.453 e. The van der Waals surface area contributed by atoms with Gasteiger partial charge in [-0.25, -0.2) is 4.79 Å². The highest BCUT2D eigenvalue weighted by Gasteiger charge is 2.32. The molecule has 2 heterocycles. The van der Waals surface area contributed by atoms with Crippen molar-refractivity contribution in [1.29, 1.82) is 0 Å². The molecule has 13 heavy (non-hydrogen) atoms. The predicted molar refractivity (Wildman–Crippen MR) is 44.8 cm³/mol. The minimum atomic E-state index is -0.273. The Morgan fingerprint density at radius 1 is 1.69 bits per heavy atom. The highest BCUT2D eigenvalue weighted by atomic mass is 16.5. The second kappa shape index (κ2) is 2.87. The molecule has 4 heteroatoms. The van der Waals surface area contributed by atoms with Crippen molar-refractivity contribution in [3.8, 4) is 0 Å². The molecule has 2 rings (SSSR count). The van der Waals surface area contributed by atoms with Crippen LogP contribution < -0.4 is 0 Å². The third kappa shape index (κ3) is 1.43. The third-order valence-electron chi connectivity index (χ3n) is 2.48. The van der Waals surface area contributed by atoms with Gasteiger partial charge in [0.25, 0.3) is 0 Å². The van der Waals surface area contributed by atoms with Crippen LogP contribution in [0.15, 0.2) is 11.6 Å². The Kier molecular flexibility index (Phi) is 1.83. The van der Waals surface area contributed by atoms with Crippen LogP contribution in [0.4, 0.5) is 0 Å². The number of nitrogens with zero attached hydrogens (tertiary/aromatic N) is 1. The zero-order chi connectivity index (χ0) is 9.42. The molecule has 1 unspecified atom stereocenters. The molecular formula is C9H11NO3. The van der Waals surface area contributed by atoms with Crippen LogP contribution in [0.2, 0.25) is 0 Å². The normalized spacial score (nSPS) is 26.5. The van der Waals surface area contributed by atoms with Crippen molar-refractivity contribution in [2.24, 2.45) is 0 Å². The summed E-state index contributed by atoms with van der Waals surface area (Å²) < 4.78 is 5.02. The van der Waals surface area contributed by atoms with Crippen molar-refractivity contribution in [3.05, 3.63) is 11.6 Å². The molecule has 1 fully saturated rings. The molecule has 0 aromatic rings. The summed E-state index contributed by atoms with van der Waals surface area (Å²) in [6.45, 7) is 2.76. The smallest absolute Gasteiger partial charge is 0.331 e. The lowest BCUT2D eigenvalue weighted by molar-refractivity contribution is -0.143. The van der Waals surface area contributed by atoms with E-state index in [4.69, 9.17) is 4.74 Å². The minimum absolute atomic E-state index is 0.0435. The second-order valence-electron chi connectivity index (χ2n) is 3.36. The fraction of sp³-hybridized carbons (Fsp3) is 0.556. The number of hydrogen-bond donors (Lipinski definition) is 0. The van der Waals surface area contributed by atoms with E-state index in [0.717, 1.165) is 12.0 Å². The van der Waals surface area contributed by atoms with E-state index >= 15 is 0 Å². The number of fused-ring (bicyclic) bond motifs is 1. The molecule has 0 spiro atoms. The van der Waals surface area contributed by atoms with E-state index in [0.29, 0.717) is 13.1 Å². The second-order valence-corrected chi connectivity index (χ2v) is 3.36. The van der Waals surface area contributed by atoms with Gasteiger partial charge in [-0.2, -0.15) is 0 Å². The standard InChI is InChI=1S/C9H11NO3/c1-6(11)10-3-2-7-4-9(12)13-8(7)5-10/h4,8H,2-3,5H2,1H3. The first-order valence-electron chi connectivity index (χ1n) is 4.33. The third-order valence-corrected chi connectivity index (χ3v) is 2.48. The minimum Gasteiger partial charge on any atom is -0.453 e. The summed E-state index contributed by atoms with van der Waals surface area (Å²) in [6.07, 6.45) is 2.13. The number of amides is 1. The number of ether oxygens (including phenoxy) is 1. The highest BCUT2D eigenvalue weighted by molar-refractivity contribution is 5.86. The van der Waals surface area contributed by atoms with Crippen molar-refractivity contribution in [2.45, 2.75) is 19.4 Å². The molecule has 1 saturated heterocycles. The lowest BCUT2D eigenvalue weighted by atomic mass is 10.0. The van der Waals surface area contributed by atoms with Gasteiger partial charge < -0.3 is 9.64 Å². The van der Waals surface area contributed by atoms with Crippen molar-refractivity contribution in [1.82, 2.24) is 4.90 Å². The van der Waals surface area contributed by atoms with Crippen LogP contribution in [-0.4, -0.2) is 36.0 Å². The van der Waals surface area contributed by atoms with E-state index in [2.05, 4.69) is 0 Å². The Balaban J connectivity index is 2.08. The Morgan fingerprint density at radius 2 is 2.46 bits per heavy atom. The topological polar surface area (TPSA) is 46.6 Å². The number of carbonyl (C=O) groups is 2. The van der Waals surface area contributed by atoms with Crippen LogP contribution in [0.1, 0.15) is 13.3 Å². The van der Waals surface area contributed by atoms with E-state index < -0.39 is 0 Å². The number of piperidine rings is 1. The summed E-state index contributed by atoms with van der Waals surface area (Å²) in [4.78, 5) is 23.6. The van der Waals surface area contributed by atoms with Gasteiger partial charge in [0, 0.05) is 19.5 Å². The molecule has 1 atom stereocenters. The SMILES string of the molecule is CC(=O)N1CCC2=CC(=O)OC2C1. The molecule has 4 nitrogen and oxygen atoms in total. The maximum absolute atomic E-state index is 11.0. The molecule has 70 valence electrons. The highest BCUT2D eigenvalue weighted by Crippen LogP contribution is 2.24. The van der Waals surface area contributed by atoms with E-state index in [-0.39, 0.29) is 18.0 Å². The predicted octanol–water partition coefficient (Wildman–Crippen LogP) is 0.0904. The van der Waals surface area contributed by atoms with Gasteiger partial charge >= 0.3 is 5.97 Å². The first-order valence-corrected chi connectivity index (χ1v) is 4.33. The molecule has 0 bridgehead atoms. The van der Waals surface area contributed by atoms with E-state index in [1.807, 2.05) is 0 Å². The fourth-order valence-corrected chi connectivity index (χ4v) is 1.72. The summed E-state index contributed by atoms with van der Waals surface area (Å²) in [5.41, 5.74) is 1.03. The molecule has 0 N–H and O–H groups in total. The van der Waals surface area contributed by atoms with Crippen LogP contribution in [0.5, 0.6) is 0 Å². The first-order chi connectivity index (χ1) is 6.16. The summed E-state index contributed by atoms with van der Waals surface area (Å²) in [7, 11) is 0. The van der Waals surface area contributed by atoms with Crippen LogP contribution in [-0.2, 0) is 14.3 Å². The molecule has 2 aliphatic heterocycles. The van der Waals surface area contributed by atoms with Gasteiger partial charge in [0.2, 0.25) is 5.91 Å². The van der Waals surface area contributed by atoms with Gasteiger partial charge in [0.05, 0.1) is 6.54 Å². The lowest BCUT2D eigenvalue weighted by Crippen LogP contribution is -2.42. The Labute approximate surface area is 76.2 Å². The molecule has 1 amide bonds. The molecule has 0 saturated carbocycles. The van der Waals surface area contributed by atoms with Gasteiger partial charge in [0.1, 0.15) is 6.10 Å². The molecule has 0 aliphatic carbocycles. The number of carbonyl (C=O) groups excluding carboxylic acids is 2. The van der Waals surface area contributed by atoms with Gasteiger partial charge in [-0.1, -0.05) is 0 Å². The average molecular weight is 181 g/mol. The number of hydrogen-bond acceptors (Lipinski definition) is 3. The van der Waals surface area contributed by atoms with Gasteiger partial charge in [0.15, 0.2) is 0 Å². The summed E-state index contributed by atoms with van der Waals surface area (Å²) in [6, 6.07) is 0. The first kappa shape index (κ1) is 8.29. The van der Waals surface area contributed by atoms with Crippen LogP contribution >= 0.6 is 0 Å². The van der Waals surface area contributed by atoms with Crippen molar-refractivity contribution in [3.63, 3.8) is 0 Å². The zero-order valence-corrected chi connectivity index (χ0v) is 7.45. The van der Waals surface area contributed by atoms with Crippen LogP contribution in [0, 0.1) is 0 Å². The number of rotatable bonds is 0. The molecular weight excluding hydrogens is 170 g/mol. The molecule has 0 aromatic carbocycles. The fourth-order valence-electron chi connectivity index (χ4n) is 1.72. The van der Waals surface area contributed by atoms with Crippen LogP contribution in [0.25, 0.3) is 0 Å². The van der Waals surface area contributed by atoms with Gasteiger partial charge in [-0.3, -0.25) is 4.79 Å². The Hall–Kier alpha value is -1.32. The monoisotopic (exact) mass is 181 g/mol. The number of likely N-dealkylation sites (tertiary alicyclic amines) is 1.